The molecule has 3 aromatic carbocycles. The first-order valence-corrected chi connectivity index (χ1v) is 9.73. The lowest BCUT2D eigenvalue weighted by Gasteiger charge is -2.11. The van der Waals surface area contributed by atoms with Crippen LogP contribution in [0.2, 0.25) is 0 Å². The number of benzene rings is 3. The number of hydrogen-bond acceptors (Lipinski definition) is 2. The van der Waals surface area contributed by atoms with Crippen LogP contribution in [0.15, 0.2) is 84.4 Å². The Hall–Kier alpha value is -4.10. The number of anilines is 1. The number of amides is 1. The summed E-state index contributed by atoms with van der Waals surface area (Å²) < 4.78 is 2.14. The van der Waals surface area contributed by atoms with Crippen LogP contribution in [0.25, 0.3) is 22.5 Å². The predicted molar refractivity (Wildman–Crippen MR) is 121 cm³/mol. The number of nitrogens with zero attached hydrogens (tertiary/aromatic N) is 2. The normalized spacial score (nSPS) is 11.3. The maximum absolute atomic E-state index is 12.6. The molecule has 0 saturated carbocycles. The zero-order chi connectivity index (χ0) is 21.1. The van der Waals surface area contributed by atoms with Crippen molar-refractivity contribution in [3.05, 3.63) is 101 Å². The molecular weight excluding hydrogens is 370 g/mol. The fourth-order valence-corrected chi connectivity index (χ4v) is 3.67. The van der Waals surface area contributed by atoms with Crippen molar-refractivity contribution in [1.29, 1.82) is 5.26 Å². The summed E-state index contributed by atoms with van der Waals surface area (Å²) in [4.78, 5) is 12.6. The smallest absolute Gasteiger partial charge is 0.266 e. The molecule has 4 aromatic rings. The van der Waals surface area contributed by atoms with Crippen molar-refractivity contribution in [1.82, 2.24) is 4.57 Å². The number of para-hydroxylation sites is 1. The molecule has 1 aromatic heterocycles. The average Bonchev–Trinajstić information content (AvgIpc) is 3.05. The Morgan fingerprint density at radius 3 is 2.37 bits per heavy atom. The number of nitriles is 1. The van der Waals surface area contributed by atoms with E-state index in [1.807, 2.05) is 56.3 Å². The van der Waals surface area contributed by atoms with Gasteiger partial charge in [-0.2, -0.15) is 5.26 Å². The first kappa shape index (κ1) is 19.2. The van der Waals surface area contributed by atoms with Crippen molar-refractivity contribution < 1.29 is 4.79 Å². The number of nitrogens with one attached hydrogen (secondary N) is 1. The number of hydrogen-bond donors (Lipinski definition) is 1. The molecule has 0 aliphatic heterocycles. The quantitative estimate of drug-likeness (QED) is 0.353. The van der Waals surface area contributed by atoms with Gasteiger partial charge in [0.15, 0.2) is 0 Å². The number of fused-ring (bicyclic) bond motifs is 1. The Balaban J connectivity index is 1.69. The molecule has 1 heterocycles. The van der Waals surface area contributed by atoms with Crippen LogP contribution < -0.4 is 5.32 Å². The molecule has 1 amide bonds. The molecule has 0 aliphatic carbocycles. The van der Waals surface area contributed by atoms with Crippen LogP contribution in [0.3, 0.4) is 0 Å². The van der Waals surface area contributed by atoms with Crippen molar-refractivity contribution in [3.8, 4) is 11.8 Å². The molecule has 0 fully saturated rings. The van der Waals surface area contributed by atoms with E-state index in [1.165, 1.54) is 10.8 Å². The molecule has 0 unspecified atom stereocenters. The Bertz CT molecular complexity index is 1310. The minimum atomic E-state index is -0.417. The van der Waals surface area contributed by atoms with E-state index in [9.17, 15) is 10.1 Å². The monoisotopic (exact) mass is 391 g/mol. The van der Waals surface area contributed by atoms with Crippen LogP contribution >= 0.6 is 0 Å². The third kappa shape index (κ3) is 3.74. The van der Waals surface area contributed by atoms with E-state index in [2.05, 4.69) is 40.2 Å². The molecule has 0 saturated heterocycles. The van der Waals surface area contributed by atoms with Gasteiger partial charge in [0, 0.05) is 22.8 Å². The molecule has 4 rings (SSSR count). The Morgan fingerprint density at radius 1 is 0.933 bits per heavy atom. The fraction of sp³-hybridized carbons (Fsp3) is 0.0769. The third-order valence-electron chi connectivity index (χ3n) is 5.16. The largest absolute Gasteiger partial charge is 0.321 e. The third-order valence-corrected chi connectivity index (χ3v) is 5.16. The molecule has 0 spiro atoms. The fourth-order valence-electron chi connectivity index (χ4n) is 3.67. The lowest BCUT2D eigenvalue weighted by Crippen LogP contribution is -2.13. The topological polar surface area (TPSA) is 57.8 Å². The summed E-state index contributed by atoms with van der Waals surface area (Å²) >= 11 is 0. The van der Waals surface area contributed by atoms with Gasteiger partial charge in [-0.1, -0.05) is 48.5 Å². The van der Waals surface area contributed by atoms with Crippen LogP contribution in [-0.2, 0) is 4.79 Å². The number of aryl methyl sites for hydroxylation is 1. The van der Waals surface area contributed by atoms with Crippen molar-refractivity contribution in [2.75, 3.05) is 5.32 Å². The first-order chi connectivity index (χ1) is 14.6. The lowest BCUT2D eigenvalue weighted by molar-refractivity contribution is -0.112. The number of aromatic nitrogens is 1. The van der Waals surface area contributed by atoms with Crippen LogP contribution in [-0.4, -0.2) is 10.5 Å². The highest BCUT2D eigenvalue weighted by Crippen LogP contribution is 2.25. The molecule has 30 heavy (non-hydrogen) atoms. The number of rotatable bonds is 4. The highest BCUT2D eigenvalue weighted by atomic mass is 16.1. The second-order valence-electron chi connectivity index (χ2n) is 7.18. The maximum Gasteiger partial charge on any atom is 0.266 e. The molecule has 146 valence electrons. The van der Waals surface area contributed by atoms with E-state index in [0.29, 0.717) is 5.69 Å². The first-order valence-electron chi connectivity index (χ1n) is 9.73. The molecule has 0 radical (unpaired) electrons. The van der Waals surface area contributed by atoms with E-state index in [1.54, 1.807) is 18.2 Å². The molecular formula is C26H21N3O. The molecule has 0 bridgehead atoms. The average molecular weight is 391 g/mol. The standard InChI is InChI=1S/C26H21N3O/c1-18-14-22(15-23(17-27)26(30)28-24-10-4-3-5-11-24)19(2)29(18)25-13-12-20-8-6-7-9-21(20)16-25/h3-16H,1-2H3,(H,28,30)/b23-15-. The van der Waals surface area contributed by atoms with Crippen LogP contribution in [0, 0.1) is 25.2 Å². The van der Waals surface area contributed by atoms with Gasteiger partial charge in [-0.15, -0.1) is 0 Å². The minimum absolute atomic E-state index is 0.0672. The zero-order valence-corrected chi connectivity index (χ0v) is 16.9. The second kappa shape index (κ2) is 8.10. The van der Waals surface area contributed by atoms with Gasteiger partial charge in [0.1, 0.15) is 11.6 Å². The number of carbonyl (C=O) groups is 1. The lowest BCUT2D eigenvalue weighted by atomic mass is 10.1. The number of carbonyl (C=O) groups excluding carboxylic acids is 1. The molecule has 0 atom stereocenters. The van der Waals surface area contributed by atoms with Crippen LogP contribution in [0.5, 0.6) is 0 Å². The van der Waals surface area contributed by atoms with E-state index < -0.39 is 5.91 Å². The summed E-state index contributed by atoms with van der Waals surface area (Å²) in [7, 11) is 0. The summed E-state index contributed by atoms with van der Waals surface area (Å²) in [6, 6.07) is 27.7. The van der Waals surface area contributed by atoms with Gasteiger partial charge in [-0.25, -0.2) is 0 Å². The Kier molecular flexibility index (Phi) is 5.19. The Labute approximate surface area is 175 Å². The highest BCUT2D eigenvalue weighted by Gasteiger charge is 2.14. The molecule has 4 heteroatoms. The van der Waals surface area contributed by atoms with Gasteiger partial charge >= 0.3 is 0 Å². The van der Waals surface area contributed by atoms with E-state index >= 15 is 0 Å². The molecule has 1 N–H and O–H groups in total. The van der Waals surface area contributed by atoms with Crippen LogP contribution in [0.4, 0.5) is 5.69 Å². The van der Waals surface area contributed by atoms with E-state index in [-0.39, 0.29) is 5.57 Å². The van der Waals surface area contributed by atoms with Crippen molar-refractivity contribution in [2.45, 2.75) is 13.8 Å². The summed E-state index contributed by atoms with van der Waals surface area (Å²) in [5, 5.41) is 14.7. The van der Waals surface area contributed by atoms with Gasteiger partial charge < -0.3 is 9.88 Å². The van der Waals surface area contributed by atoms with E-state index in [0.717, 1.165) is 22.6 Å². The van der Waals surface area contributed by atoms with Crippen molar-refractivity contribution >= 4 is 28.4 Å². The maximum atomic E-state index is 12.6. The van der Waals surface area contributed by atoms with Gasteiger partial charge in [0.25, 0.3) is 5.91 Å². The Morgan fingerprint density at radius 2 is 1.63 bits per heavy atom. The summed E-state index contributed by atoms with van der Waals surface area (Å²) in [6.07, 6.45) is 1.65. The van der Waals surface area contributed by atoms with Crippen molar-refractivity contribution in [2.24, 2.45) is 0 Å². The predicted octanol–water partition coefficient (Wildman–Crippen LogP) is 5.79. The SMILES string of the molecule is Cc1cc(/C=C(/C#N)C(=O)Nc2ccccc2)c(C)n1-c1ccc2ccccc2c1. The minimum Gasteiger partial charge on any atom is -0.321 e. The van der Waals surface area contributed by atoms with E-state index in [4.69, 9.17) is 0 Å². The molecule has 4 nitrogen and oxygen atoms in total. The second-order valence-corrected chi connectivity index (χ2v) is 7.18. The van der Waals surface area contributed by atoms with Gasteiger partial charge in [-0.05, 0) is 66.6 Å². The van der Waals surface area contributed by atoms with Gasteiger partial charge in [0.05, 0.1) is 0 Å². The summed E-state index contributed by atoms with van der Waals surface area (Å²) in [5.41, 5.74) is 4.64. The summed E-state index contributed by atoms with van der Waals surface area (Å²) in [5.74, 6) is -0.417. The highest BCUT2D eigenvalue weighted by molar-refractivity contribution is 6.09. The van der Waals surface area contributed by atoms with Gasteiger partial charge in [0.2, 0.25) is 0 Å². The van der Waals surface area contributed by atoms with Gasteiger partial charge in [-0.3, -0.25) is 4.79 Å². The van der Waals surface area contributed by atoms with Crippen LogP contribution in [0.1, 0.15) is 17.0 Å². The zero-order valence-electron chi connectivity index (χ0n) is 16.9. The van der Waals surface area contributed by atoms with Crippen molar-refractivity contribution in [3.63, 3.8) is 0 Å². The summed E-state index contributed by atoms with van der Waals surface area (Å²) in [6.45, 7) is 4.02. The molecule has 0 aliphatic rings.